The van der Waals surface area contributed by atoms with Crippen LogP contribution in [0.15, 0.2) is 59.0 Å². The number of amides is 1. The summed E-state index contributed by atoms with van der Waals surface area (Å²) in [5, 5.41) is 2.78. The van der Waals surface area contributed by atoms with Gasteiger partial charge < -0.3 is 19.2 Å². The quantitative estimate of drug-likeness (QED) is 0.609. The molecule has 150 valence electrons. The first kappa shape index (κ1) is 20.2. The third-order valence-electron chi connectivity index (χ3n) is 4.38. The Kier molecular flexibility index (Phi) is 6.34. The van der Waals surface area contributed by atoms with Crippen molar-refractivity contribution in [3.8, 4) is 5.75 Å². The molecule has 0 aliphatic heterocycles. The van der Waals surface area contributed by atoms with E-state index in [-0.39, 0.29) is 12.5 Å². The summed E-state index contributed by atoms with van der Waals surface area (Å²) in [6.45, 7) is 4.29. The molecule has 0 saturated heterocycles. The largest absolute Gasteiger partial charge is 0.489 e. The highest BCUT2D eigenvalue weighted by Gasteiger charge is 2.16. The van der Waals surface area contributed by atoms with Crippen LogP contribution in [-0.2, 0) is 17.9 Å². The summed E-state index contributed by atoms with van der Waals surface area (Å²) in [6.07, 6.45) is 0. The average Bonchev–Trinajstić information content (AvgIpc) is 3.10. The second-order valence-electron chi connectivity index (χ2n) is 6.66. The van der Waals surface area contributed by atoms with Gasteiger partial charge in [-0.05, 0) is 43.7 Å². The van der Waals surface area contributed by atoms with Crippen LogP contribution in [0.3, 0.4) is 0 Å². The van der Waals surface area contributed by atoms with Crippen LogP contribution >= 0.6 is 0 Å². The van der Waals surface area contributed by atoms with Crippen molar-refractivity contribution in [2.75, 3.05) is 7.11 Å². The summed E-state index contributed by atoms with van der Waals surface area (Å²) in [5.41, 5.74) is 3.06. The van der Waals surface area contributed by atoms with Crippen LogP contribution in [0.5, 0.6) is 5.75 Å². The third kappa shape index (κ3) is 5.25. The monoisotopic (exact) mass is 393 g/mol. The predicted octanol–water partition coefficient (Wildman–Crippen LogP) is 4.19. The lowest BCUT2D eigenvalue weighted by atomic mass is 10.1. The number of nitrogens with one attached hydrogen (secondary N) is 1. The zero-order valence-corrected chi connectivity index (χ0v) is 16.7. The fourth-order valence-electron chi connectivity index (χ4n) is 2.91. The molecule has 1 heterocycles. The first-order valence-corrected chi connectivity index (χ1v) is 9.20. The van der Waals surface area contributed by atoms with Gasteiger partial charge in [0.05, 0.1) is 13.7 Å². The smallest absolute Gasteiger partial charge is 0.341 e. The molecule has 0 aliphatic rings. The van der Waals surface area contributed by atoms with Crippen molar-refractivity contribution in [2.24, 2.45) is 0 Å². The van der Waals surface area contributed by atoms with Gasteiger partial charge in [0.1, 0.15) is 29.4 Å². The number of benzene rings is 2. The minimum atomic E-state index is -0.470. The van der Waals surface area contributed by atoms with E-state index >= 15 is 0 Å². The number of furan rings is 1. The molecule has 3 rings (SSSR count). The molecule has 0 fully saturated rings. The van der Waals surface area contributed by atoms with Gasteiger partial charge in [0, 0.05) is 5.56 Å². The van der Waals surface area contributed by atoms with E-state index in [1.54, 1.807) is 31.2 Å². The summed E-state index contributed by atoms with van der Waals surface area (Å²) in [7, 11) is 1.31. The summed E-state index contributed by atoms with van der Waals surface area (Å²) in [4.78, 5) is 24.1. The number of rotatable bonds is 7. The van der Waals surface area contributed by atoms with Gasteiger partial charge in [-0.15, -0.1) is 0 Å². The molecule has 0 aliphatic carbocycles. The maximum Gasteiger partial charge on any atom is 0.341 e. The van der Waals surface area contributed by atoms with Gasteiger partial charge in [0.25, 0.3) is 5.91 Å². The van der Waals surface area contributed by atoms with Gasteiger partial charge in [0.15, 0.2) is 0 Å². The lowest BCUT2D eigenvalue weighted by Gasteiger charge is -2.09. The van der Waals surface area contributed by atoms with Crippen LogP contribution < -0.4 is 10.1 Å². The van der Waals surface area contributed by atoms with E-state index in [0.29, 0.717) is 35.0 Å². The van der Waals surface area contributed by atoms with E-state index in [2.05, 4.69) is 11.4 Å². The summed E-state index contributed by atoms with van der Waals surface area (Å²) < 4.78 is 16.0. The third-order valence-corrected chi connectivity index (χ3v) is 4.38. The topological polar surface area (TPSA) is 77.8 Å². The number of hydrogen-bond acceptors (Lipinski definition) is 5. The van der Waals surface area contributed by atoms with Crippen molar-refractivity contribution in [1.29, 1.82) is 0 Å². The number of esters is 1. The molecule has 1 N–H and O–H groups in total. The summed E-state index contributed by atoms with van der Waals surface area (Å²) in [5.74, 6) is 0.804. The first-order valence-electron chi connectivity index (χ1n) is 9.20. The molecule has 0 unspecified atom stereocenters. The Morgan fingerprint density at radius 2 is 1.83 bits per heavy atom. The van der Waals surface area contributed by atoms with Gasteiger partial charge in [-0.1, -0.05) is 35.9 Å². The lowest BCUT2D eigenvalue weighted by molar-refractivity contribution is 0.0598. The standard InChI is InChI=1S/C23H23NO5/c1-15-6-4-7-17(10-15)14-28-19-9-5-8-18(11-19)22(25)24-13-20-12-21(16(2)29-20)23(26)27-3/h4-12H,13-14H2,1-3H3,(H,24,25). The molecule has 0 saturated carbocycles. The van der Waals surface area contributed by atoms with Crippen LogP contribution in [0.4, 0.5) is 0 Å². The van der Waals surface area contributed by atoms with E-state index in [1.807, 2.05) is 31.2 Å². The molecular weight excluding hydrogens is 370 g/mol. The van der Waals surface area contributed by atoms with Crippen molar-refractivity contribution >= 4 is 11.9 Å². The van der Waals surface area contributed by atoms with Crippen molar-refractivity contribution in [1.82, 2.24) is 5.32 Å². The minimum Gasteiger partial charge on any atom is -0.489 e. The number of carbonyl (C=O) groups excluding carboxylic acids is 2. The Balaban J connectivity index is 1.60. The number of carbonyl (C=O) groups is 2. The molecule has 6 heteroatoms. The van der Waals surface area contributed by atoms with E-state index < -0.39 is 5.97 Å². The molecule has 1 amide bonds. The normalized spacial score (nSPS) is 10.4. The van der Waals surface area contributed by atoms with E-state index in [0.717, 1.165) is 5.56 Å². The summed E-state index contributed by atoms with van der Waals surface area (Å²) >= 11 is 0. The Bertz CT molecular complexity index is 1020. The minimum absolute atomic E-state index is 0.158. The maximum absolute atomic E-state index is 12.5. The van der Waals surface area contributed by atoms with Gasteiger partial charge in [-0.2, -0.15) is 0 Å². The van der Waals surface area contributed by atoms with Crippen LogP contribution in [0, 0.1) is 13.8 Å². The van der Waals surface area contributed by atoms with Crippen LogP contribution in [0.1, 0.15) is 43.4 Å². The van der Waals surface area contributed by atoms with Gasteiger partial charge in [0.2, 0.25) is 0 Å². The zero-order valence-electron chi connectivity index (χ0n) is 16.7. The highest BCUT2D eigenvalue weighted by atomic mass is 16.5. The molecule has 29 heavy (non-hydrogen) atoms. The highest BCUT2D eigenvalue weighted by molar-refractivity contribution is 5.94. The first-order chi connectivity index (χ1) is 14.0. The molecule has 0 atom stereocenters. The molecule has 3 aromatic rings. The Labute approximate surface area is 169 Å². The number of hydrogen-bond donors (Lipinski definition) is 1. The van der Waals surface area contributed by atoms with E-state index in [4.69, 9.17) is 13.9 Å². The molecule has 6 nitrogen and oxygen atoms in total. The SMILES string of the molecule is COC(=O)c1cc(CNC(=O)c2cccc(OCc3cccc(C)c3)c2)oc1C. The summed E-state index contributed by atoms with van der Waals surface area (Å²) in [6, 6.07) is 16.6. The van der Waals surface area contributed by atoms with Gasteiger partial charge in [-0.25, -0.2) is 4.79 Å². The van der Waals surface area contributed by atoms with Gasteiger partial charge in [-0.3, -0.25) is 4.79 Å². The fraction of sp³-hybridized carbons (Fsp3) is 0.217. The average molecular weight is 393 g/mol. The maximum atomic E-state index is 12.5. The van der Waals surface area contributed by atoms with Crippen LogP contribution in [-0.4, -0.2) is 19.0 Å². The van der Waals surface area contributed by atoms with Crippen LogP contribution in [0.2, 0.25) is 0 Å². The number of methoxy groups -OCH3 is 1. The van der Waals surface area contributed by atoms with Crippen molar-refractivity contribution in [2.45, 2.75) is 27.0 Å². The Morgan fingerprint density at radius 3 is 2.59 bits per heavy atom. The lowest BCUT2D eigenvalue weighted by Crippen LogP contribution is -2.22. The second-order valence-corrected chi connectivity index (χ2v) is 6.66. The van der Waals surface area contributed by atoms with Crippen LogP contribution in [0.25, 0.3) is 0 Å². The van der Waals surface area contributed by atoms with Crippen molar-refractivity contribution in [3.63, 3.8) is 0 Å². The number of ether oxygens (including phenoxy) is 2. The predicted molar refractivity (Wildman–Crippen MR) is 108 cm³/mol. The Hall–Kier alpha value is -3.54. The van der Waals surface area contributed by atoms with Gasteiger partial charge >= 0.3 is 5.97 Å². The van der Waals surface area contributed by atoms with E-state index in [1.165, 1.54) is 12.7 Å². The molecule has 2 aromatic carbocycles. The molecular formula is C23H23NO5. The van der Waals surface area contributed by atoms with Crippen molar-refractivity contribution in [3.05, 3.63) is 88.4 Å². The molecule has 1 aromatic heterocycles. The second kappa shape index (κ2) is 9.10. The molecule has 0 spiro atoms. The molecule has 0 radical (unpaired) electrons. The highest BCUT2D eigenvalue weighted by Crippen LogP contribution is 2.18. The fourth-order valence-corrected chi connectivity index (χ4v) is 2.91. The molecule has 0 bridgehead atoms. The number of aryl methyl sites for hydroxylation is 2. The van der Waals surface area contributed by atoms with E-state index in [9.17, 15) is 9.59 Å². The Morgan fingerprint density at radius 1 is 1.03 bits per heavy atom. The van der Waals surface area contributed by atoms with Crippen molar-refractivity contribution < 1.29 is 23.5 Å². The zero-order chi connectivity index (χ0) is 20.8.